The molecule has 2 aliphatic rings. The topological polar surface area (TPSA) is 59.1 Å². The number of benzene rings is 3. The van der Waals surface area contributed by atoms with E-state index in [2.05, 4.69) is 62.1 Å². The quantitative estimate of drug-likeness (QED) is 0.204. The molecule has 0 saturated heterocycles. The number of aryl methyl sites for hydroxylation is 3. The first-order chi connectivity index (χ1) is 19.9. The van der Waals surface area contributed by atoms with Crippen LogP contribution in [0.5, 0.6) is 5.75 Å². The Hall–Kier alpha value is -3.80. The van der Waals surface area contributed by atoms with E-state index in [9.17, 15) is 9.59 Å². The van der Waals surface area contributed by atoms with E-state index in [0.29, 0.717) is 19.6 Å². The van der Waals surface area contributed by atoms with Crippen LogP contribution in [0.3, 0.4) is 0 Å². The minimum atomic E-state index is -0.141. The second-order valence-corrected chi connectivity index (χ2v) is 11.3. The molecule has 0 radical (unpaired) electrons. The van der Waals surface area contributed by atoms with Gasteiger partial charge in [0.05, 0.1) is 19.3 Å². The zero-order chi connectivity index (χ0) is 28.9. The highest BCUT2D eigenvalue weighted by Crippen LogP contribution is 2.45. The summed E-state index contributed by atoms with van der Waals surface area (Å²) in [5.74, 6) is 0.802. The molecule has 2 atom stereocenters. The van der Waals surface area contributed by atoms with Crippen molar-refractivity contribution < 1.29 is 19.1 Å². The van der Waals surface area contributed by atoms with E-state index in [1.807, 2.05) is 36.1 Å². The predicted molar refractivity (Wildman–Crippen MR) is 164 cm³/mol. The first-order valence-corrected chi connectivity index (χ1v) is 15.0. The lowest BCUT2D eigenvalue weighted by atomic mass is 9.87. The molecule has 41 heavy (non-hydrogen) atoms. The van der Waals surface area contributed by atoms with Crippen LogP contribution in [0, 0.1) is 13.8 Å². The Kier molecular flexibility index (Phi) is 8.96. The first kappa shape index (κ1) is 28.7. The van der Waals surface area contributed by atoms with Gasteiger partial charge in [0, 0.05) is 35.9 Å². The fraction of sp³-hybridized carbons (Fsp3) is 0.429. The maximum Gasteiger partial charge on any atom is 0.305 e. The van der Waals surface area contributed by atoms with E-state index < -0.39 is 0 Å². The second-order valence-electron chi connectivity index (χ2n) is 11.3. The van der Waals surface area contributed by atoms with Crippen molar-refractivity contribution in [2.45, 2.75) is 78.3 Å². The molecule has 2 unspecified atom stereocenters. The maximum absolute atomic E-state index is 13.8. The van der Waals surface area contributed by atoms with Gasteiger partial charge >= 0.3 is 5.97 Å². The van der Waals surface area contributed by atoms with Gasteiger partial charge in [-0.1, -0.05) is 24.3 Å². The van der Waals surface area contributed by atoms with Crippen LogP contribution in [-0.4, -0.2) is 37.7 Å². The van der Waals surface area contributed by atoms with E-state index in [-0.39, 0.29) is 24.0 Å². The van der Waals surface area contributed by atoms with Crippen molar-refractivity contribution in [3.05, 3.63) is 88.5 Å². The van der Waals surface area contributed by atoms with Crippen molar-refractivity contribution in [2.75, 3.05) is 29.6 Å². The van der Waals surface area contributed by atoms with E-state index in [4.69, 9.17) is 9.47 Å². The van der Waals surface area contributed by atoms with Gasteiger partial charge in [-0.25, -0.2) is 0 Å². The monoisotopic (exact) mass is 554 g/mol. The average molecular weight is 555 g/mol. The largest absolute Gasteiger partial charge is 0.494 e. The summed E-state index contributed by atoms with van der Waals surface area (Å²) in [6.07, 6.45) is 4.98. The minimum absolute atomic E-state index is 0.0617. The van der Waals surface area contributed by atoms with Crippen molar-refractivity contribution in [1.82, 2.24) is 0 Å². The van der Waals surface area contributed by atoms with Crippen LogP contribution in [0.1, 0.15) is 84.6 Å². The van der Waals surface area contributed by atoms with Gasteiger partial charge < -0.3 is 19.3 Å². The summed E-state index contributed by atoms with van der Waals surface area (Å²) in [6.45, 7) is 10.1. The predicted octanol–water partition coefficient (Wildman–Crippen LogP) is 7.35. The van der Waals surface area contributed by atoms with Crippen molar-refractivity contribution >= 4 is 23.3 Å². The number of unbranched alkanes of at least 4 members (excludes halogenated alkanes) is 1. The average Bonchev–Trinajstić information content (AvgIpc) is 2.97. The number of rotatable bonds is 9. The van der Waals surface area contributed by atoms with E-state index in [0.717, 1.165) is 61.2 Å². The van der Waals surface area contributed by atoms with E-state index in [1.165, 1.54) is 22.4 Å². The number of para-hydroxylation sites is 1. The van der Waals surface area contributed by atoms with Crippen LogP contribution in [0.4, 0.5) is 11.4 Å². The summed E-state index contributed by atoms with van der Waals surface area (Å²) >= 11 is 0. The highest BCUT2D eigenvalue weighted by atomic mass is 16.5. The number of amides is 1. The Morgan fingerprint density at radius 3 is 2.59 bits per heavy atom. The molecule has 0 aromatic heterocycles. The highest BCUT2D eigenvalue weighted by Gasteiger charge is 2.38. The van der Waals surface area contributed by atoms with Crippen LogP contribution >= 0.6 is 0 Å². The zero-order valence-corrected chi connectivity index (χ0v) is 24.8. The zero-order valence-electron chi connectivity index (χ0n) is 24.8. The molecule has 216 valence electrons. The SMILES string of the molecule is CCOC(=O)CCCCOc1ccc2c(c1)CCCN2C1CC(C)N(C(=O)c2ccc(C)c(C)c2)c2ccccc21. The molecule has 3 aromatic rings. The van der Waals surface area contributed by atoms with Gasteiger partial charge in [-0.15, -0.1) is 0 Å². The summed E-state index contributed by atoms with van der Waals surface area (Å²) in [6, 6.07) is 21.1. The summed E-state index contributed by atoms with van der Waals surface area (Å²) in [7, 11) is 0. The highest BCUT2D eigenvalue weighted by molar-refractivity contribution is 6.07. The molecule has 6 nitrogen and oxygen atoms in total. The van der Waals surface area contributed by atoms with Crippen LogP contribution < -0.4 is 14.5 Å². The molecule has 0 saturated carbocycles. The van der Waals surface area contributed by atoms with Gasteiger partial charge in [0.25, 0.3) is 5.91 Å². The van der Waals surface area contributed by atoms with E-state index >= 15 is 0 Å². The van der Waals surface area contributed by atoms with Gasteiger partial charge in [-0.05, 0) is 118 Å². The van der Waals surface area contributed by atoms with Crippen molar-refractivity contribution in [1.29, 1.82) is 0 Å². The number of anilines is 2. The van der Waals surface area contributed by atoms with Gasteiger partial charge in [-0.3, -0.25) is 9.59 Å². The molecule has 0 fully saturated rings. The van der Waals surface area contributed by atoms with Crippen LogP contribution in [0.25, 0.3) is 0 Å². The number of carbonyl (C=O) groups is 2. The number of esters is 1. The Bertz CT molecular complexity index is 1400. The third kappa shape index (κ3) is 6.27. The lowest BCUT2D eigenvalue weighted by Gasteiger charge is -2.46. The number of carbonyl (C=O) groups excluding carboxylic acids is 2. The van der Waals surface area contributed by atoms with Crippen LogP contribution in [0.15, 0.2) is 60.7 Å². The minimum Gasteiger partial charge on any atom is -0.494 e. The number of fused-ring (bicyclic) bond motifs is 2. The summed E-state index contributed by atoms with van der Waals surface area (Å²) in [5, 5.41) is 0. The maximum atomic E-state index is 13.8. The Labute approximate surface area is 244 Å². The summed E-state index contributed by atoms with van der Waals surface area (Å²) in [5.41, 5.74) is 7.85. The molecular weight excluding hydrogens is 512 g/mol. The van der Waals surface area contributed by atoms with Crippen LogP contribution in [0.2, 0.25) is 0 Å². The van der Waals surface area contributed by atoms with Crippen molar-refractivity contribution in [2.24, 2.45) is 0 Å². The lowest BCUT2D eigenvalue weighted by Crippen LogP contribution is -2.47. The number of hydrogen-bond acceptors (Lipinski definition) is 5. The molecule has 0 bridgehead atoms. The van der Waals surface area contributed by atoms with Gasteiger partial charge in [-0.2, -0.15) is 0 Å². The van der Waals surface area contributed by atoms with Crippen LogP contribution in [-0.2, 0) is 16.0 Å². The van der Waals surface area contributed by atoms with Gasteiger partial charge in [0.15, 0.2) is 0 Å². The summed E-state index contributed by atoms with van der Waals surface area (Å²) < 4.78 is 11.1. The molecule has 0 spiro atoms. The fourth-order valence-corrected chi connectivity index (χ4v) is 6.21. The number of nitrogens with zero attached hydrogens (tertiary/aromatic N) is 2. The molecule has 6 heteroatoms. The molecule has 0 N–H and O–H groups in total. The second kappa shape index (κ2) is 12.8. The van der Waals surface area contributed by atoms with Crippen molar-refractivity contribution in [3.8, 4) is 5.75 Å². The molecule has 1 amide bonds. The molecule has 2 aliphatic heterocycles. The fourth-order valence-electron chi connectivity index (χ4n) is 6.21. The number of ether oxygens (including phenoxy) is 2. The standard InChI is InChI=1S/C35H42N2O4/c1-5-40-34(38)14-8-9-20-41-29-17-18-31-27(23-29)11-10-19-36(31)33-22-26(4)37(32-13-7-6-12-30(32)33)35(39)28-16-15-24(2)25(3)21-28/h6-7,12-13,15-18,21,23,26,33H,5,8-11,14,19-20,22H2,1-4H3. The third-order valence-corrected chi connectivity index (χ3v) is 8.46. The normalized spacial score (nSPS) is 18.0. The molecular formula is C35H42N2O4. The van der Waals surface area contributed by atoms with E-state index in [1.54, 1.807) is 0 Å². The van der Waals surface area contributed by atoms with Gasteiger partial charge in [0.2, 0.25) is 0 Å². The third-order valence-electron chi connectivity index (χ3n) is 8.46. The molecule has 3 aromatic carbocycles. The smallest absolute Gasteiger partial charge is 0.305 e. The Morgan fingerprint density at radius 1 is 0.951 bits per heavy atom. The Balaban J connectivity index is 1.33. The van der Waals surface area contributed by atoms with Gasteiger partial charge in [0.1, 0.15) is 5.75 Å². The molecule has 2 heterocycles. The number of hydrogen-bond donors (Lipinski definition) is 0. The molecule has 0 aliphatic carbocycles. The molecule has 5 rings (SSSR count). The Morgan fingerprint density at radius 2 is 1.78 bits per heavy atom. The van der Waals surface area contributed by atoms with Crippen molar-refractivity contribution in [3.63, 3.8) is 0 Å². The lowest BCUT2D eigenvalue weighted by molar-refractivity contribution is -0.143. The summed E-state index contributed by atoms with van der Waals surface area (Å²) in [4.78, 5) is 29.9. The first-order valence-electron chi connectivity index (χ1n) is 15.0.